The van der Waals surface area contributed by atoms with Crippen LogP contribution >= 0.6 is 15.9 Å². The van der Waals surface area contributed by atoms with Crippen LogP contribution < -0.4 is 10.1 Å². The molecule has 0 aliphatic carbocycles. The predicted octanol–water partition coefficient (Wildman–Crippen LogP) is 4.01. The second kappa shape index (κ2) is 5.90. The van der Waals surface area contributed by atoms with Crippen molar-refractivity contribution in [1.29, 1.82) is 0 Å². The number of para-hydroxylation sites is 1. The molecule has 1 amide bonds. The lowest BCUT2D eigenvalue weighted by Crippen LogP contribution is -2.32. The van der Waals surface area contributed by atoms with Gasteiger partial charge in [0.05, 0.1) is 12.6 Å². The number of hydrogen-bond donors (Lipinski definition) is 1. The van der Waals surface area contributed by atoms with Gasteiger partial charge in [0.25, 0.3) is 5.91 Å². The van der Waals surface area contributed by atoms with E-state index in [1.54, 1.807) is 0 Å². The van der Waals surface area contributed by atoms with Crippen LogP contribution in [0.4, 0.5) is 0 Å². The highest BCUT2D eigenvalue weighted by Crippen LogP contribution is 2.31. The molecule has 0 saturated carbocycles. The van der Waals surface area contributed by atoms with Crippen molar-refractivity contribution in [2.45, 2.75) is 19.4 Å². The molecule has 0 aromatic heterocycles. The van der Waals surface area contributed by atoms with Crippen molar-refractivity contribution in [3.05, 3.63) is 63.6 Å². The summed E-state index contributed by atoms with van der Waals surface area (Å²) in [7, 11) is 0. The number of benzene rings is 2. The van der Waals surface area contributed by atoms with E-state index >= 15 is 0 Å². The number of hydrogen-bond acceptors (Lipinski definition) is 2. The summed E-state index contributed by atoms with van der Waals surface area (Å²) in [6, 6.07) is 13.6. The molecule has 3 nitrogen and oxygen atoms in total. The zero-order valence-corrected chi connectivity index (χ0v) is 13.3. The van der Waals surface area contributed by atoms with E-state index in [4.69, 9.17) is 4.74 Å². The summed E-state index contributed by atoms with van der Waals surface area (Å²) in [5, 5.41) is 3.12. The zero-order chi connectivity index (χ0) is 14.8. The highest BCUT2D eigenvalue weighted by Gasteiger charge is 2.23. The molecule has 0 saturated heterocycles. The Kier molecular flexibility index (Phi) is 3.97. The lowest BCUT2D eigenvalue weighted by molar-refractivity contribution is 0.0924. The molecule has 108 valence electrons. The van der Waals surface area contributed by atoms with Gasteiger partial charge in [0.2, 0.25) is 0 Å². The van der Waals surface area contributed by atoms with E-state index in [2.05, 4.69) is 21.2 Å². The maximum absolute atomic E-state index is 12.5. The van der Waals surface area contributed by atoms with Crippen LogP contribution in [-0.4, -0.2) is 12.5 Å². The number of carbonyl (C=O) groups excluding carboxylic acids is 1. The molecular weight excluding hydrogens is 330 g/mol. The molecule has 3 rings (SSSR count). The average Bonchev–Trinajstić information content (AvgIpc) is 2.50. The summed E-state index contributed by atoms with van der Waals surface area (Å²) in [6.07, 6.45) is 0.788. The van der Waals surface area contributed by atoms with Gasteiger partial charge in [-0.1, -0.05) is 40.2 Å². The first-order valence-electron chi connectivity index (χ1n) is 6.94. The summed E-state index contributed by atoms with van der Waals surface area (Å²) in [4.78, 5) is 12.5. The average molecular weight is 346 g/mol. The number of fused-ring (bicyclic) bond motifs is 1. The van der Waals surface area contributed by atoms with Crippen molar-refractivity contribution in [2.24, 2.45) is 0 Å². The molecule has 0 radical (unpaired) electrons. The lowest BCUT2D eigenvalue weighted by atomic mass is 9.99. The molecular formula is C17H16BrNO2. The monoisotopic (exact) mass is 345 g/mol. The number of amides is 1. The molecule has 0 fully saturated rings. The maximum Gasteiger partial charge on any atom is 0.252 e. The van der Waals surface area contributed by atoms with E-state index in [9.17, 15) is 4.79 Å². The van der Waals surface area contributed by atoms with Crippen LogP contribution in [0.25, 0.3) is 0 Å². The Balaban J connectivity index is 1.84. The van der Waals surface area contributed by atoms with E-state index < -0.39 is 0 Å². The topological polar surface area (TPSA) is 38.3 Å². The molecule has 2 aromatic carbocycles. The molecule has 21 heavy (non-hydrogen) atoms. The van der Waals surface area contributed by atoms with Gasteiger partial charge in [0.1, 0.15) is 5.75 Å². The normalized spacial score (nSPS) is 16.8. The van der Waals surface area contributed by atoms with Gasteiger partial charge in [0, 0.05) is 22.0 Å². The standard InChI is InChI=1S/C17H16BrNO2/c1-11-6-7-12(18)10-14(11)17(20)19-15-8-9-21-16-5-3-2-4-13(15)16/h2-7,10,15H,8-9H2,1H3,(H,19,20). The van der Waals surface area contributed by atoms with Crippen LogP contribution in [0, 0.1) is 6.92 Å². The minimum atomic E-state index is -0.0458. The Morgan fingerprint density at radius 1 is 1.29 bits per heavy atom. The Labute approximate surface area is 132 Å². The van der Waals surface area contributed by atoms with E-state index in [0.29, 0.717) is 12.2 Å². The van der Waals surface area contributed by atoms with Crippen LogP contribution in [0.5, 0.6) is 5.75 Å². The summed E-state index contributed by atoms with van der Waals surface area (Å²) >= 11 is 3.42. The lowest BCUT2D eigenvalue weighted by Gasteiger charge is -2.26. The third kappa shape index (κ3) is 2.95. The number of aryl methyl sites for hydroxylation is 1. The smallest absolute Gasteiger partial charge is 0.252 e. The maximum atomic E-state index is 12.5. The molecule has 1 atom stereocenters. The van der Waals surface area contributed by atoms with E-state index in [0.717, 1.165) is 27.8 Å². The van der Waals surface area contributed by atoms with Crippen molar-refractivity contribution in [2.75, 3.05) is 6.61 Å². The first-order valence-corrected chi connectivity index (χ1v) is 7.73. The SMILES string of the molecule is Cc1ccc(Br)cc1C(=O)NC1CCOc2ccccc21. The number of nitrogens with one attached hydrogen (secondary N) is 1. The van der Waals surface area contributed by atoms with Crippen molar-refractivity contribution < 1.29 is 9.53 Å². The summed E-state index contributed by atoms with van der Waals surface area (Å²) in [5.41, 5.74) is 2.72. The summed E-state index contributed by atoms with van der Waals surface area (Å²) in [6.45, 7) is 2.57. The fourth-order valence-electron chi connectivity index (χ4n) is 2.57. The molecule has 1 unspecified atom stereocenters. The van der Waals surface area contributed by atoms with Gasteiger partial charge in [-0.2, -0.15) is 0 Å². The quantitative estimate of drug-likeness (QED) is 0.892. The Morgan fingerprint density at radius 2 is 2.10 bits per heavy atom. The first kappa shape index (κ1) is 14.1. The second-order valence-corrected chi connectivity index (χ2v) is 6.08. The van der Waals surface area contributed by atoms with Gasteiger partial charge >= 0.3 is 0 Å². The van der Waals surface area contributed by atoms with Gasteiger partial charge in [-0.25, -0.2) is 0 Å². The van der Waals surface area contributed by atoms with Crippen molar-refractivity contribution in [3.8, 4) is 5.75 Å². The second-order valence-electron chi connectivity index (χ2n) is 5.16. The number of carbonyl (C=O) groups is 1. The third-order valence-corrected chi connectivity index (χ3v) is 4.20. The summed E-state index contributed by atoms with van der Waals surface area (Å²) < 4.78 is 6.53. The largest absolute Gasteiger partial charge is 0.493 e. The molecule has 1 aliphatic rings. The Bertz CT molecular complexity index is 684. The molecule has 1 N–H and O–H groups in total. The molecule has 0 bridgehead atoms. The fourth-order valence-corrected chi connectivity index (χ4v) is 2.93. The molecule has 1 aliphatic heterocycles. The van der Waals surface area contributed by atoms with Crippen LogP contribution in [-0.2, 0) is 0 Å². The minimum absolute atomic E-state index is 0.000770. The van der Waals surface area contributed by atoms with Crippen LogP contribution in [0.3, 0.4) is 0 Å². The van der Waals surface area contributed by atoms with Crippen LogP contribution in [0.15, 0.2) is 46.9 Å². The van der Waals surface area contributed by atoms with Crippen molar-refractivity contribution in [3.63, 3.8) is 0 Å². The third-order valence-electron chi connectivity index (χ3n) is 3.71. The van der Waals surface area contributed by atoms with Gasteiger partial charge in [0.15, 0.2) is 0 Å². The number of halogens is 1. The molecule has 0 spiro atoms. The summed E-state index contributed by atoms with van der Waals surface area (Å²) in [5.74, 6) is 0.815. The first-order chi connectivity index (χ1) is 10.1. The highest BCUT2D eigenvalue weighted by atomic mass is 79.9. The van der Waals surface area contributed by atoms with E-state index in [-0.39, 0.29) is 11.9 Å². The fraction of sp³-hybridized carbons (Fsp3) is 0.235. The highest BCUT2D eigenvalue weighted by molar-refractivity contribution is 9.10. The van der Waals surface area contributed by atoms with E-state index in [1.165, 1.54) is 0 Å². The number of rotatable bonds is 2. The van der Waals surface area contributed by atoms with Crippen LogP contribution in [0.2, 0.25) is 0 Å². The zero-order valence-electron chi connectivity index (χ0n) is 11.7. The van der Waals surface area contributed by atoms with Crippen molar-refractivity contribution >= 4 is 21.8 Å². The molecule has 4 heteroatoms. The molecule has 1 heterocycles. The van der Waals surface area contributed by atoms with Gasteiger partial charge in [-0.05, 0) is 30.7 Å². The van der Waals surface area contributed by atoms with Crippen molar-refractivity contribution in [1.82, 2.24) is 5.32 Å². The predicted molar refractivity (Wildman–Crippen MR) is 85.6 cm³/mol. The molecule has 2 aromatic rings. The number of ether oxygens (including phenoxy) is 1. The Hall–Kier alpha value is -1.81. The minimum Gasteiger partial charge on any atom is -0.493 e. The van der Waals surface area contributed by atoms with Crippen LogP contribution in [0.1, 0.15) is 33.9 Å². The van der Waals surface area contributed by atoms with Gasteiger partial charge in [-0.3, -0.25) is 4.79 Å². The van der Waals surface area contributed by atoms with Gasteiger partial charge < -0.3 is 10.1 Å². The van der Waals surface area contributed by atoms with Gasteiger partial charge in [-0.15, -0.1) is 0 Å². The Morgan fingerprint density at radius 3 is 2.95 bits per heavy atom. The van der Waals surface area contributed by atoms with E-state index in [1.807, 2.05) is 49.4 Å².